The highest BCUT2D eigenvalue weighted by Gasteiger charge is 2.57. The van der Waals surface area contributed by atoms with Gasteiger partial charge in [0.05, 0.1) is 0 Å². The largest absolute Gasteiger partial charge is 0.310 e. The molecule has 0 aliphatic heterocycles. The van der Waals surface area contributed by atoms with Crippen molar-refractivity contribution in [2.75, 3.05) is 4.90 Å². The molecule has 2 fully saturated rings. The molecule has 322 valence electrons. The van der Waals surface area contributed by atoms with Crippen LogP contribution in [0.2, 0.25) is 0 Å². The van der Waals surface area contributed by atoms with E-state index in [4.69, 9.17) is 0 Å². The van der Waals surface area contributed by atoms with Crippen LogP contribution in [0.4, 0.5) is 17.1 Å². The maximum absolute atomic E-state index is 2.56. The Balaban J connectivity index is 0.995. The van der Waals surface area contributed by atoms with Gasteiger partial charge in [0.15, 0.2) is 0 Å². The number of nitrogens with zero attached hydrogens (tertiary/aromatic N) is 1. The van der Waals surface area contributed by atoms with Gasteiger partial charge in [-0.15, -0.1) is 0 Å². The van der Waals surface area contributed by atoms with Crippen molar-refractivity contribution in [3.8, 4) is 44.5 Å². The van der Waals surface area contributed by atoms with Gasteiger partial charge in [0.2, 0.25) is 0 Å². The Hall–Kier alpha value is -5.66. The zero-order chi connectivity index (χ0) is 44.3. The van der Waals surface area contributed by atoms with E-state index in [2.05, 4.69) is 219 Å². The molecule has 7 aromatic carbocycles. The highest BCUT2D eigenvalue weighted by molar-refractivity contribution is 5.91. The van der Waals surface area contributed by atoms with Gasteiger partial charge in [-0.2, -0.15) is 0 Å². The van der Waals surface area contributed by atoms with Crippen molar-refractivity contribution in [3.63, 3.8) is 0 Å². The van der Waals surface area contributed by atoms with E-state index in [1.807, 2.05) is 0 Å². The Morgan fingerprint density at radius 1 is 0.438 bits per heavy atom. The van der Waals surface area contributed by atoms with Gasteiger partial charge in [0.1, 0.15) is 0 Å². The molecule has 4 aliphatic carbocycles. The molecule has 7 aromatic rings. The smallest absolute Gasteiger partial charge is 0.0468 e. The molecule has 0 radical (unpaired) electrons. The van der Waals surface area contributed by atoms with Crippen molar-refractivity contribution >= 4 is 17.1 Å². The monoisotopic (exact) mass is 836 g/mol. The van der Waals surface area contributed by atoms with Gasteiger partial charge in [0.25, 0.3) is 0 Å². The predicted octanol–water partition coefficient (Wildman–Crippen LogP) is 17.5. The molecule has 0 aromatic heterocycles. The number of fused-ring (bicyclic) bond motifs is 6. The third-order valence-electron chi connectivity index (χ3n) is 16.3. The SMILES string of the molecule is CC1CC2CCCC(C1)C21c2ccccc2-c2cc(-c3ccc4c(c3)-c3cc(N(c5ccc(-c6ccc(C(C)(C)C)cc6)cc5)c5ccc(C(C)(C)C)cc5)ccc3C4(C)C)ccc21. The fourth-order valence-corrected chi connectivity index (χ4v) is 13.1. The van der Waals surface area contributed by atoms with Crippen LogP contribution in [-0.2, 0) is 21.7 Å². The predicted molar refractivity (Wildman–Crippen MR) is 272 cm³/mol. The lowest BCUT2D eigenvalue weighted by Crippen LogP contribution is -2.49. The minimum absolute atomic E-state index is 0.0747. The normalized spacial score (nSPS) is 21.5. The number of rotatable bonds is 5. The Kier molecular flexibility index (Phi) is 9.42. The van der Waals surface area contributed by atoms with Crippen LogP contribution < -0.4 is 4.90 Å². The summed E-state index contributed by atoms with van der Waals surface area (Å²) in [4.78, 5) is 2.45. The lowest BCUT2D eigenvalue weighted by molar-refractivity contribution is 0.0564. The molecule has 64 heavy (non-hydrogen) atoms. The number of anilines is 3. The Morgan fingerprint density at radius 3 is 1.44 bits per heavy atom. The van der Waals surface area contributed by atoms with Crippen molar-refractivity contribution in [1.82, 2.24) is 0 Å². The van der Waals surface area contributed by atoms with E-state index in [1.54, 1.807) is 11.1 Å². The molecular weight excluding hydrogens is 771 g/mol. The molecule has 0 saturated heterocycles. The standard InChI is InChI=1S/C63H65N/c1-40-35-47-13-12-14-48(36-40)63(47)58-16-11-10-15-52(58)53-37-44(22-33-59(53)63)43-21-32-56-54(38-43)55-39-51(31-34-57(55)62(56,8)9)64(50-29-25-46(26-30-50)61(5,6)7)49-27-19-42(20-28-49)41-17-23-45(24-18-41)60(2,3)4/h10-11,15-34,37-40,47-48H,12-14,35-36H2,1-9H3. The molecule has 2 saturated carbocycles. The Labute approximate surface area is 383 Å². The van der Waals surface area contributed by atoms with E-state index in [0.29, 0.717) is 0 Å². The highest BCUT2D eigenvalue weighted by Crippen LogP contribution is 2.65. The zero-order valence-electron chi connectivity index (χ0n) is 39.6. The van der Waals surface area contributed by atoms with Gasteiger partial charge in [-0.25, -0.2) is 0 Å². The highest BCUT2D eigenvalue weighted by atomic mass is 15.1. The molecule has 1 nitrogen and oxygen atoms in total. The van der Waals surface area contributed by atoms with Crippen LogP contribution in [0.3, 0.4) is 0 Å². The lowest BCUT2D eigenvalue weighted by atomic mass is 9.49. The van der Waals surface area contributed by atoms with Gasteiger partial charge < -0.3 is 4.90 Å². The quantitative estimate of drug-likeness (QED) is 0.167. The molecule has 0 N–H and O–H groups in total. The summed E-state index contributed by atoms with van der Waals surface area (Å²) in [7, 11) is 0. The fraction of sp³-hybridized carbons (Fsp3) is 0.333. The van der Waals surface area contributed by atoms with Crippen LogP contribution >= 0.6 is 0 Å². The van der Waals surface area contributed by atoms with Gasteiger partial charge in [-0.1, -0.05) is 172 Å². The first-order chi connectivity index (χ1) is 30.6. The summed E-state index contributed by atoms with van der Waals surface area (Å²) in [5.41, 5.74) is 23.2. The van der Waals surface area contributed by atoms with Crippen molar-refractivity contribution in [1.29, 1.82) is 0 Å². The van der Waals surface area contributed by atoms with Crippen LogP contribution in [0.1, 0.15) is 128 Å². The van der Waals surface area contributed by atoms with Gasteiger partial charge in [-0.05, 0) is 181 Å². The first-order valence-electron chi connectivity index (χ1n) is 24.3. The van der Waals surface area contributed by atoms with E-state index < -0.39 is 0 Å². The summed E-state index contributed by atoms with van der Waals surface area (Å²) in [6, 6.07) is 59.1. The molecular formula is C63H65N. The molecule has 2 bridgehead atoms. The molecule has 1 heteroatoms. The molecule has 4 aliphatic rings. The third kappa shape index (κ3) is 6.39. The second kappa shape index (κ2) is 14.7. The number of benzene rings is 7. The van der Waals surface area contributed by atoms with Crippen molar-refractivity contribution < 1.29 is 0 Å². The molecule has 2 atom stereocenters. The number of hydrogen-bond donors (Lipinski definition) is 0. The van der Waals surface area contributed by atoms with Crippen LogP contribution in [0.15, 0.2) is 152 Å². The van der Waals surface area contributed by atoms with Crippen LogP contribution in [-0.4, -0.2) is 0 Å². The third-order valence-corrected chi connectivity index (χ3v) is 16.3. The van der Waals surface area contributed by atoms with E-state index in [0.717, 1.165) is 29.1 Å². The summed E-state index contributed by atoms with van der Waals surface area (Å²) >= 11 is 0. The van der Waals surface area contributed by atoms with Crippen LogP contribution in [0.25, 0.3) is 44.5 Å². The molecule has 0 amide bonds. The van der Waals surface area contributed by atoms with Crippen LogP contribution in [0.5, 0.6) is 0 Å². The van der Waals surface area contributed by atoms with Crippen molar-refractivity contribution in [3.05, 3.63) is 185 Å². The van der Waals surface area contributed by atoms with Gasteiger partial charge in [-0.3, -0.25) is 0 Å². The van der Waals surface area contributed by atoms with Crippen molar-refractivity contribution in [2.24, 2.45) is 17.8 Å². The van der Waals surface area contributed by atoms with E-state index in [-0.39, 0.29) is 21.7 Å². The summed E-state index contributed by atoms with van der Waals surface area (Å²) in [5.74, 6) is 2.28. The Bertz CT molecular complexity index is 2900. The lowest BCUT2D eigenvalue weighted by Gasteiger charge is -2.54. The Morgan fingerprint density at radius 2 is 0.859 bits per heavy atom. The van der Waals surface area contributed by atoms with E-state index in [1.165, 1.54) is 105 Å². The van der Waals surface area contributed by atoms with Crippen molar-refractivity contribution in [2.45, 2.75) is 116 Å². The molecule has 0 heterocycles. The average Bonchev–Trinajstić information content (AvgIpc) is 3.68. The average molecular weight is 836 g/mol. The minimum atomic E-state index is -0.107. The van der Waals surface area contributed by atoms with Crippen LogP contribution in [0, 0.1) is 17.8 Å². The first kappa shape index (κ1) is 41.1. The summed E-state index contributed by atoms with van der Waals surface area (Å²) in [5, 5.41) is 0. The van der Waals surface area contributed by atoms with Gasteiger partial charge in [0, 0.05) is 27.9 Å². The number of hydrogen-bond acceptors (Lipinski definition) is 1. The summed E-state index contributed by atoms with van der Waals surface area (Å²) < 4.78 is 0. The second-order valence-corrected chi connectivity index (χ2v) is 22.7. The van der Waals surface area contributed by atoms with Gasteiger partial charge >= 0.3 is 0 Å². The fourth-order valence-electron chi connectivity index (χ4n) is 13.1. The molecule has 11 rings (SSSR count). The molecule has 2 unspecified atom stereocenters. The zero-order valence-corrected chi connectivity index (χ0v) is 39.6. The second-order valence-electron chi connectivity index (χ2n) is 22.7. The van der Waals surface area contributed by atoms with E-state index in [9.17, 15) is 0 Å². The van der Waals surface area contributed by atoms with E-state index >= 15 is 0 Å². The topological polar surface area (TPSA) is 3.24 Å². The first-order valence-corrected chi connectivity index (χ1v) is 24.3. The maximum atomic E-state index is 2.56. The summed E-state index contributed by atoms with van der Waals surface area (Å²) in [6.07, 6.45) is 6.80. The summed E-state index contributed by atoms with van der Waals surface area (Å²) in [6.45, 7) is 21.0. The maximum Gasteiger partial charge on any atom is 0.0468 e. The molecule has 1 spiro atoms. The minimum Gasteiger partial charge on any atom is -0.310 e.